The molecule has 0 aromatic heterocycles. The number of nitrogens with zero attached hydrogens (tertiary/aromatic N) is 3. The molecule has 0 bridgehead atoms. The predicted octanol–water partition coefficient (Wildman–Crippen LogP) is 1.43. The molecule has 0 radical (unpaired) electrons. The third-order valence-electron chi connectivity index (χ3n) is 2.32. The summed E-state index contributed by atoms with van der Waals surface area (Å²) >= 11 is 0. The lowest BCUT2D eigenvalue weighted by Crippen LogP contribution is -2.39. The average Bonchev–Trinajstić information content (AvgIpc) is 1.87. The summed E-state index contributed by atoms with van der Waals surface area (Å²) in [5.74, 6) is 0. The van der Waals surface area contributed by atoms with Crippen LogP contribution in [0.15, 0.2) is 5.11 Å². The number of rotatable bonds is 3. The van der Waals surface area contributed by atoms with E-state index in [1.54, 1.807) is 0 Å². The number of hydrogen-bond donors (Lipinski definition) is 1. The zero-order valence-electron chi connectivity index (χ0n) is 5.95. The van der Waals surface area contributed by atoms with E-state index in [9.17, 15) is 0 Å². The molecule has 1 rings (SSSR count). The first kappa shape index (κ1) is 7.38. The van der Waals surface area contributed by atoms with E-state index in [1.807, 2.05) is 0 Å². The van der Waals surface area contributed by atoms with Gasteiger partial charge in [-0.2, -0.15) is 0 Å². The summed E-state index contributed by atoms with van der Waals surface area (Å²) in [5, 5.41) is 3.54. The van der Waals surface area contributed by atoms with Crippen LogP contribution in [0.5, 0.6) is 0 Å². The van der Waals surface area contributed by atoms with Crippen LogP contribution < -0.4 is 5.73 Å². The number of hydrogen-bond acceptors (Lipinski definition) is 2. The number of azide groups is 1. The van der Waals surface area contributed by atoms with Gasteiger partial charge in [-0.05, 0) is 30.3 Å². The van der Waals surface area contributed by atoms with Gasteiger partial charge in [-0.3, -0.25) is 0 Å². The fourth-order valence-corrected chi connectivity index (χ4v) is 1.29. The Kier molecular flexibility index (Phi) is 2.14. The second-order valence-electron chi connectivity index (χ2n) is 2.95. The highest BCUT2D eigenvalue weighted by molar-refractivity contribution is 4.90. The minimum absolute atomic E-state index is 0.173. The van der Waals surface area contributed by atoms with E-state index >= 15 is 0 Å². The monoisotopic (exact) mass is 140 g/mol. The molecule has 10 heavy (non-hydrogen) atoms. The minimum Gasteiger partial charge on any atom is -0.330 e. The fourth-order valence-electron chi connectivity index (χ4n) is 1.29. The molecular formula is C6H12N4. The maximum absolute atomic E-state index is 8.06. The highest BCUT2D eigenvalue weighted by Crippen LogP contribution is 2.39. The molecule has 1 saturated carbocycles. The van der Waals surface area contributed by atoms with Crippen LogP contribution in [0.2, 0.25) is 0 Å². The predicted molar refractivity (Wildman–Crippen MR) is 39.4 cm³/mol. The summed E-state index contributed by atoms with van der Waals surface area (Å²) in [6.07, 6.45) is 3.49. The van der Waals surface area contributed by atoms with Crippen molar-refractivity contribution < 1.29 is 0 Å². The second-order valence-corrected chi connectivity index (χ2v) is 2.95. The maximum Gasteiger partial charge on any atom is 0.0326 e. The summed E-state index contributed by atoms with van der Waals surface area (Å²) in [4.78, 5) is 2.72. The van der Waals surface area contributed by atoms with Crippen LogP contribution in [0, 0.1) is 5.41 Å². The van der Waals surface area contributed by atoms with Gasteiger partial charge in [0.25, 0.3) is 0 Å². The fraction of sp³-hybridized carbons (Fsp3) is 1.00. The van der Waals surface area contributed by atoms with Gasteiger partial charge in [0, 0.05) is 11.5 Å². The molecule has 0 atom stereocenters. The van der Waals surface area contributed by atoms with Crippen LogP contribution in [-0.2, 0) is 0 Å². The molecule has 1 aliphatic rings. The van der Waals surface area contributed by atoms with E-state index in [0.717, 1.165) is 12.8 Å². The minimum atomic E-state index is 0.173. The second kappa shape index (κ2) is 2.90. The Morgan fingerprint density at radius 1 is 1.60 bits per heavy atom. The van der Waals surface area contributed by atoms with Gasteiger partial charge in [0.1, 0.15) is 0 Å². The molecule has 4 heteroatoms. The van der Waals surface area contributed by atoms with Gasteiger partial charge in [0.15, 0.2) is 0 Å². The van der Waals surface area contributed by atoms with E-state index in [-0.39, 0.29) is 5.41 Å². The van der Waals surface area contributed by atoms with Crippen molar-refractivity contribution in [3.63, 3.8) is 0 Å². The summed E-state index contributed by atoms with van der Waals surface area (Å²) in [6, 6.07) is 0. The van der Waals surface area contributed by atoms with Gasteiger partial charge in [-0.15, -0.1) is 0 Å². The van der Waals surface area contributed by atoms with Crippen LogP contribution in [0.25, 0.3) is 10.4 Å². The SMILES string of the molecule is [N-]=[N+]=NCC1(CN)CCC1. The molecule has 0 aromatic rings. The molecule has 4 nitrogen and oxygen atoms in total. The summed E-state index contributed by atoms with van der Waals surface area (Å²) in [6.45, 7) is 1.24. The Morgan fingerprint density at radius 3 is 2.60 bits per heavy atom. The summed E-state index contributed by atoms with van der Waals surface area (Å²) in [5.41, 5.74) is 13.8. The molecule has 0 unspecified atom stereocenters. The zero-order chi connectivity index (χ0) is 7.45. The smallest absolute Gasteiger partial charge is 0.0326 e. The first-order chi connectivity index (χ1) is 4.83. The number of nitrogens with two attached hydrogens (primary N) is 1. The van der Waals surface area contributed by atoms with Crippen molar-refractivity contribution in [2.75, 3.05) is 13.1 Å². The van der Waals surface area contributed by atoms with Gasteiger partial charge in [0.2, 0.25) is 0 Å². The van der Waals surface area contributed by atoms with Crippen molar-refractivity contribution in [2.24, 2.45) is 16.3 Å². The van der Waals surface area contributed by atoms with E-state index in [0.29, 0.717) is 13.1 Å². The van der Waals surface area contributed by atoms with Crippen molar-refractivity contribution >= 4 is 0 Å². The summed E-state index contributed by atoms with van der Waals surface area (Å²) in [7, 11) is 0. The molecular weight excluding hydrogens is 128 g/mol. The molecule has 0 saturated heterocycles. The normalized spacial score (nSPS) is 20.9. The molecule has 0 aliphatic heterocycles. The van der Waals surface area contributed by atoms with Crippen molar-refractivity contribution in [1.82, 2.24) is 0 Å². The van der Waals surface area contributed by atoms with Crippen molar-refractivity contribution in [3.05, 3.63) is 10.4 Å². The van der Waals surface area contributed by atoms with Crippen molar-refractivity contribution in [1.29, 1.82) is 0 Å². The van der Waals surface area contributed by atoms with Crippen molar-refractivity contribution in [3.8, 4) is 0 Å². The molecule has 56 valence electrons. The Hall–Kier alpha value is -0.730. The first-order valence-electron chi connectivity index (χ1n) is 3.54. The summed E-state index contributed by atoms with van der Waals surface area (Å²) < 4.78 is 0. The largest absolute Gasteiger partial charge is 0.330 e. The Balaban J connectivity index is 2.40. The van der Waals surface area contributed by atoms with Crippen LogP contribution in [-0.4, -0.2) is 13.1 Å². The third-order valence-corrected chi connectivity index (χ3v) is 2.32. The van der Waals surface area contributed by atoms with Crippen molar-refractivity contribution in [2.45, 2.75) is 19.3 Å². The van der Waals surface area contributed by atoms with Gasteiger partial charge in [-0.1, -0.05) is 11.5 Å². The van der Waals surface area contributed by atoms with Gasteiger partial charge in [0.05, 0.1) is 0 Å². The lowest BCUT2D eigenvalue weighted by Gasteiger charge is -2.39. The highest BCUT2D eigenvalue weighted by atomic mass is 15.1. The Labute approximate surface area is 60.0 Å². The van der Waals surface area contributed by atoms with E-state index in [4.69, 9.17) is 11.3 Å². The molecule has 1 fully saturated rings. The standard InChI is InChI=1S/C6H12N4/c7-4-6(2-1-3-6)5-9-10-8/h1-5,7H2. The highest BCUT2D eigenvalue weighted by Gasteiger charge is 2.34. The average molecular weight is 140 g/mol. The molecule has 0 amide bonds. The third kappa shape index (κ3) is 1.23. The maximum atomic E-state index is 8.06. The Bertz CT molecular complexity index is 150. The first-order valence-corrected chi connectivity index (χ1v) is 3.54. The van der Waals surface area contributed by atoms with Gasteiger partial charge >= 0.3 is 0 Å². The quantitative estimate of drug-likeness (QED) is 0.359. The topological polar surface area (TPSA) is 74.8 Å². The lowest BCUT2D eigenvalue weighted by molar-refractivity contribution is 0.156. The van der Waals surface area contributed by atoms with E-state index in [2.05, 4.69) is 10.0 Å². The van der Waals surface area contributed by atoms with Gasteiger partial charge in [-0.25, -0.2) is 0 Å². The zero-order valence-corrected chi connectivity index (χ0v) is 5.95. The van der Waals surface area contributed by atoms with E-state index < -0.39 is 0 Å². The molecule has 0 aromatic carbocycles. The van der Waals surface area contributed by atoms with Crippen LogP contribution in [0.3, 0.4) is 0 Å². The van der Waals surface area contributed by atoms with Gasteiger partial charge < -0.3 is 5.73 Å². The molecule has 1 aliphatic carbocycles. The lowest BCUT2D eigenvalue weighted by atomic mass is 9.69. The molecule has 2 N–H and O–H groups in total. The van der Waals surface area contributed by atoms with Crippen LogP contribution in [0.4, 0.5) is 0 Å². The van der Waals surface area contributed by atoms with Crippen LogP contribution in [0.1, 0.15) is 19.3 Å². The molecule has 0 heterocycles. The van der Waals surface area contributed by atoms with Crippen LogP contribution >= 0.6 is 0 Å². The Morgan fingerprint density at radius 2 is 2.30 bits per heavy atom. The van der Waals surface area contributed by atoms with E-state index in [1.165, 1.54) is 6.42 Å². The molecule has 0 spiro atoms.